The molecule has 0 amide bonds. The van der Waals surface area contributed by atoms with Crippen molar-refractivity contribution in [3.63, 3.8) is 0 Å². The Bertz CT molecular complexity index is 904. The van der Waals surface area contributed by atoms with E-state index in [4.69, 9.17) is 4.74 Å². The number of aryl methyl sites for hydroxylation is 1. The summed E-state index contributed by atoms with van der Waals surface area (Å²) in [5.41, 5.74) is 3.13. The minimum atomic E-state index is 0.576. The SMILES string of the molecule is CCCCCOc1cc(N(c2cccnc2)c2nccs2)c(C#N)cc1C. The number of nitriles is 1. The lowest BCUT2D eigenvalue weighted by Gasteiger charge is -2.24. The number of hydrogen-bond donors (Lipinski definition) is 0. The molecule has 0 aliphatic heterocycles. The first-order valence-electron chi connectivity index (χ1n) is 9.01. The van der Waals surface area contributed by atoms with E-state index in [2.05, 4.69) is 23.0 Å². The third-order valence-electron chi connectivity index (χ3n) is 4.17. The Labute approximate surface area is 163 Å². The average molecular weight is 379 g/mol. The van der Waals surface area contributed by atoms with E-state index in [1.165, 1.54) is 11.3 Å². The average Bonchev–Trinajstić information content (AvgIpc) is 3.22. The fourth-order valence-electron chi connectivity index (χ4n) is 2.81. The number of anilines is 3. The lowest BCUT2D eigenvalue weighted by Crippen LogP contribution is -2.12. The molecular formula is C21H22N4OS. The predicted octanol–water partition coefficient (Wildman–Crippen LogP) is 5.76. The standard InChI is InChI=1S/C21H22N4OS/c1-3-4-5-10-26-20-13-19(17(14-22)12-16(20)2)25(21-24-9-11-27-21)18-7-6-8-23-15-18/h6-9,11-13,15H,3-5,10H2,1-2H3. The molecule has 2 heterocycles. The van der Waals surface area contributed by atoms with Crippen molar-refractivity contribution in [3.05, 3.63) is 59.4 Å². The number of nitrogens with zero attached hydrogens (tertiary/aromatic N) is 4. The summed E-state index contributed by atoms with van der Waals surface area (Å²) in [4.78, 5) is 10.6. The molecule has 5 nitrogen and oxygen atoms in total. The zero-order valence-corrected chi connectivity index (χ0v) is 16.4. The van der Waals surface area contributed by atoms with E-state index in [0.717, 1.165) is 47.1 Å². The molecule has 138 valence electrons. The minimum absolute atomic E-state index is 0.576. The number of aromatic nitrogens is 2. The molecular weight excluding hydrogens is 356 g/mol. The van der Waals surface area contributed by atoms with Crippen LogP contribution in [0.4, 0.5) is 16.5 Å². The number of pyridine rings is 1. The van der Waals surface area contributed by atoms with Gasteiger partial charge in [-0.2, -0.15) is 5.26 Å². The molecule has 3 aromatic rings. The number of hydrogen-bond acceptors (Lipinski definition) is 6. The molecule has 0 saturated heterocycles. The molecule has 6 heteroatoms. The largest absolute Gasteiger partial charge is 0.493 e. The van der Waals surface area contributed by atoms with Gasteiger partial charge in [-0.05, 0) is 37.1 Å². The number of unbranched alkanes of at least 4 members (excludes halogenated alkanes) is 2. The van der Waals surface area contributed by atoms with E-state index in [9.17, 15) is 5.26 Å². The minimum Gasteiger partial charge on any atom is -0.493 e. The Balaban J connectivity index is 2.04. The van der Waals surface area contributed by atoms with E-state index in [-0.39, 0.29) is 0 Å². The van der Waals surface area contributed by atoms with Gasteiger partial charge in [0.25, 0.3) is 0 Å². The molecule has 0 atom stereocenters. The van der Waals surface area contributed by atoms with Gasteiger partial charge in [-0.3, -0.25) is 9.88 Å². The molecule has 0 aliphatic carbocycles. The molecule has 0 aliphatic rings. The predicted molar refractivity (Wildman–Crippen MR) is 109 cm³/mol. The molecule has 0 unspecified atom stereocenters. The zero-order chi connectivity index (χ0) is 19.1. The number of thiazole rings is 1. The van der Waals surface area contributed by atoms with Crippen LogP contribution in [0.25, 0.3) is 0 Å². The Kier molecular flexibility index (Phi) is 6.39. The van der Waals surface area contributed by atoms with Crippen molar-refractivity contribution in [2.45, 2.75) is 33.1 Å². The van der Waals surface area contributed by atoms with Gasteiger partial charge in [0.2, 0.25) is 0 Å². The summed E-state index contributed by atoms with van der Waals surface area (Å²) >= 11 is 1.51. The second-order valence-electron chi connectivity index (χ2n) is 6.16. The van der Waals surface area contributed by atoms with Crippen LogP contribution in [0.3, 0.4) is 0 Å². The van der Waals surface area contributed by atoms with Gasteiger partial charge < -0.3 is 4.74 Å². The highest BCUT2D eigenvalue weighted by Gasteiger charge is 2.20. The molecule has 0 radical (unpaired) electrons. The highest BCUT2D eigenvalue weighted by Crippen LogP contribution is 2.39. The molecule has 0 saturated carbocycles. The highest BCUT2D eigenvalue weighted by atomic mass is 32.1. The first kappa shape index (κ1) is 18.9. The number of rotatable bonds is 8. The van der Waals surface area contributed by atoms with Crippen LogP contribution in [0.2, 0.25) is 0 Å². The van der Waals surface area contributed by atoms with Crippen molar-refractivity contribution in [1.29, 1.82) is 5.26 Å². The van der Waals surface area contributed by atoms with Gasteiger partial charge in [0, 0.05) is 23.8 Å². The quantitative estimate of drug-likeness (QED) is 0.467. The van der Waals surface area contributed by atoms with Crippen LogP contribution in [0.15, 0.2) is 48.2 Å². The van der Waals surface area contributed by atoms with E-state index in [1.807, 2.05) is 41.5 Å². The molecule has 1 aromatic carbocycles. The van der Waals surface area contributed by atoms with E-state index in [1.54, 1.807) is 18.6 Å². The fraction of sp³-hybridized carbons (Fsp3) is 0.286. The van der Waals surface area contributed by atoms with Crippen LogP contribution in [-0.2, 0) is 0 Å². The van der Waals surface area contributed by atoms with Gasteiger partial charge >= 0.3 is 0 Å². The monoisotopic (exact) mass is 378 g/mol. The summed E-state index contributed by atoms with van der Waals surface area (Å²) in [6, 6.07) is 9.96. The van der Waals surface area contributed by atoms with Crippen molar-refractivity contribution in [1.82, 2.24) is 9.97 Å². The maximum absolute atomic E-state index is 9.72. The Hall–Kier alpha value is -2.91. The highest BCUT2D eigenvalue weighted by molar-refractivity contribution is 7.13. The first-order valence-corrected chi connectivity index (χ1v) is 9.89. The topological polar surface area (TPSA) is 62.0 Å². The number of ether oxygens (including phenoxy) is 1. The maximum Gasteiger partial charge on any atom is 0.194 e. The second-order valence-corrected chi connectivity index (χ2v) is 7.04. The van der Waals surface area contributed by atoms with Crippen molar-refractivity contribution in [3.8, 4) is 11.8 Å². The van der Waals surface area contributed by atoms with E-state index < -0.39 is 0 Å². The van der Waals surface area contributed by atoms with Gasteiger partial charge in [-0.15, -0.1) is 11.3 Å². The molecule has 2 aromatic heterocycles. The molecule has 0 bridgehead atoms. The summed E-state index contributed by atoms with van der Waals surface area (Å²) < 4.78 is 6.01. The van der Waals surface area contributed by atoms with Gasteiger partial charge in [0.1, 0.15) is 11.8 Å². The van der Waals surface area contributed by atoms with Crippen LogP contribution in [0.1, 0.15) is 37.3 Å². The third-order valence-corrected chi connectivity index (χ3v) is 4.93. The van der Waals surface area contributed by atoms with Crippen molar-refractivity contribution >= 4 is 27.8 Å². The Morgan fingerprint density at radius 1 is 1.26 bits per heavy atom. The van der Waals surface area contributed by atoms with Crippen LogP contribution >= 0.6 is 11.3 Å². The van der Waals surface area contributed by atoms with Crippen molar-refractivity contribution in [2.75, 3.05) is 11.5 Å². The van der Waals surface area contributed by atoms with Gasteiger partial charge in [-0.1, -0.05) is 19.8 Å². The van der Waals surface area contributed by atoms with Gasteiger partial charge in [0.15, 0.2) is 5.13 Å². The Morgan fingerprint density at radius 2 is 2.15 bits per heavy atom. The second kappa shape index (κ2) is 9.15. The van der Waals surface area contributed by atoms with Crippen molar-refractivity contribution < 1.29 is 4.74 Å². The summed E-state index contributed by atoms with van der Waals surface area (Å²) in [5.74, 6) is 0.797. The zero-order valence-electron chi connectivity index (χ0n) is 15.6. The lowest BCUT2D eigenvalue weighted by atomic mass is 10.1. The van der Waals surface area contributed by atoms with Gasteiger partial charge in [-0.25, -0.2) is 4.98 Å². The summed E-state index contributed by atoms with van der Waals surface area (Å²) in [6.07, 6.45) is 8.56. The molecule has 0 N–H and O–H groups in total. The number of benzene rings is 1. The third kappa shape index (κ3) is 4.44. The van der Waals surface area contributed by atoms with Crippen molar-refractivity contribution in [2.24, 2.45) is 0 Å². The van der Waals surface area contributed by atoms with Gasteiger partial charge in [0.05, 0.1) is 29.7 Å². The van der Waals surface area contributed by atoms with E-state index >= 15 is 0 Å². The lowest BCUT2D eigenvalue weighted by molar-refractivity contribution is 0.304. The summed E-state index contributed by atoms with van der Waals surface area (Å²) in [7, 11) is 0. The normalized spacial score (nSPS) is 10.4. The fourth-order valence-corrected chi connectivity index (χ4v) is 3.48. The van der Waals surface area contributed by atoms with Crippen LogP contribution in [0, 0.1) is 18.3 Å². The molecule has 3 rings (SSSR count). The van der Waals surface area contributed by atoms with Crippen LogP contribution < -0.4 is 9.64 Å². The van der Waals surface area contributed by atoms with Crippen LogP contribution in [0.5, 0.6) is 5.75 Å². The maximum atomic E-state index is 9.72. The molecule has 0 fully saturated rings. The first-order chi connectivity index (χ1) is 13.2. The summed E-state index contributed by atoms with van der Waals surface area (Å²) in [5, 5.41) is 12.4. The smallest absolute Gasteiger partial charge is 0.194 e. The van der Waals surface area contributed by atoms with Crippen LogP contribution in [-0.4, -0.2) is 16.6 Å². The van der Waals surface area contributed by atoms with E-state index in [0.29, 0.717) is 12.2 Å². The molecule has 27 heavy (non-hydrogen) atoms. The molecule has 0 spiro atoms. The summed E-state index contributed by atoms with van der Waals surface area (Å²) in [6.45, 7) is 4.81. The Morgan fingerprint density at radius 3 is 2.81 bits per heavy atom.